The lowest BCUT2D eigenvalue weighted by Gasteiger charge is -2.19. The molecule has 2 heterocycles. The Morgan fingerprint density at radius 2 is 1.06 bits per heavy atom. The second kappa shape index (κ2) is 11.3. The molecule has 2 heteroatoms. The Labute approximate surface area is 310 Å². The highest BCUT2D eigenvalue weighted by Gasteiger charge is 2.21. The largest absolute Gasteiger partial charge is 0.456 e. The predicted molar refractivity (Wildman–Crippen MR) is 226 cm³/mol. The van der Waals surface area contributed by atoms with E-state index >= 15 is 0 Å². The Balaban J connectivity index is 1.03. The second-order valence-corrected chi connectivity index (χ2v) is 14.7. The van der Waals surface area contributed by atoms with Gasteiger partial charge in [0.2, 0.25) is 0 Å². The molecule has 0 bridgehead atoms. The summed E-state index contributed by atoms with van der Waals surface area (Å²) < 4.78 is 12.9. The number of fused-ring (bicyclic) bond motifs is 12. The molecule has 2 nitrogen and oxygen atoms in total. The predicted octanol–water partition coefficient (Wildman–Crippen LogP) is 13.0. The average Bonchev–Trinajstić information content (AvgIpc) is 3.81. The van der Waals surface area contributed by atoms with Crippen molar-refractivity contribution in [3.8, 4) is 22.3 Å². The first-order chi connectivity index (χ1) is 26.8. The van der Waals surface area contributed by atoms with Crippen LogP contribution in [0.2, 0.25) is 0 Å². The topological polar surface area (TPSA) is 26.3 Å². The molecule has 12 rings (SSSR count). The van der Waals surface area contributed by atoms with E-state index in [0.717, 1.165) is 55.5 Å². The molecule has 2 aromatic heterocycles. The van der Waals surface area contributed by atoms with Gasteiger partial charge in [-0.2, -0.15) is 0 Å². The van der Waals surface area contributed by atoms with Gasteiger partial charge in [-0.1, -0.05) is 140 Å². The zero-order valence-electron chi connectivity index (χ0n) is 29.3. The highest BCUT2D eigenvalue weighted by molar-refractivity contribution is 6.22. The Hall–Kier alpha value is -6.90. The van der Waals surface area contributed by atoms with Crippen LogP contribution in [0.5, 0.6) is 0 Å². The van der Waals surface area contributed by atoms with Gasteiger partial charge in [0, 0.05) is 32.7 Å². The zero-order valence-corrected chi connectivity index (χ0v) is 29.3. The van der Waals surface area contributed by atoms with E-state index in [0.29, 0.717) is 0 Å². The van der Waals surface area contributed by atoms with Gasteiger partial charge < -0.3 is 8.83 Å². The Bertz CT molecular complexity index is 3430. The summed E-state index contributed by atoms with van der Waals surface area (Å²) in [6.45, 7) is 0. The first-order valence-electron chi connectivity index (χ1n) is 18.8. The van der Waals surface area contributed by atoms with Gasteiger partial charge in [-0.15, -0.1) is 0 Å². The standard InChI is InChI=1S/C52H32O2/c1-2-11-32-28-36(21-20-31(32)10-1)50-40-17-5-3-15-38(40)49(39-16-4-6-18-41(39)50)35-13-9-12-33(29-35)34-22-26-47-45(30-34)51-42-23-24-43-37-14-7-8-19-46(37)54-52(43)44(42)25-27-48(51)53-47/h1-21,23-30,34H,22H2. The van der Waals surface area contributed by atoms with E-state index in [1.807, 2.05) is 12.1 Å². The van der Waals surface area contributed by atoms with Crippen LogP contribution >= 0.6 is 0 Å². The zero-order chi connectivity index (χ0) is 35.3. The lowest BCUT2D eigenvalue weighted by molar-refractivity contribution is 0.570. The fraction of sp³-hybridized carbons (Fsp3) is 0.0385. The third kappa shape index (κ3) is 4.28. The molecule has 0 radical (unpaired) electrons. The van der Waals surface area contributed by atoms with E-state index in [9.17, 15) is 0 Å². The maximum absolute atomic E-state index is 6.50. The number of hydrogen-bond donors (Lipinski definition) is 0. The van der Waals surface area contributed by atoms with E-state index in [1.165, 1.54) is 65.4 Å². The molecule has 252 valence electrons. The van der Waals surface area contributed by atoms with Crippen LogP contribution in [0, 0.1) is 0 Å². The number of rotatable bonds is 3. The van der Waals surface area contributed by atoms with Crippen molar-refractivity contribution in [2.24, 2.45) is 0 Å². The Morgan fingerprint density at radius 3 is 1.83 bits per heavy atom. The first-order valence-corrected chi connectivity index (χ1v) is 18.8. The molecule has 54 heavy (non-hydrogen) atoms. The highest BCUT2D eigenvalue weighted by Crippen LogP contribution is 2.45. The van der Waals surface area contributed by atoms with Gasteiger partial charge in [0.15, 0.2) is 0 Å². The SMILES string of the molecule is C1=c2oc3ccc4c(ccc5c6ccccc6oc54)c3c2=CC(c2cccc(-c3c4ccccc4c(-c4ccc5ccccc5c4)c4ccccc34)c2)C1. The molecule has 0 amide bonds. The van der Waals surface area contributed by atoms with Crippen molar-refractivity contribution in [3.63, 3.8) is 0 Å². The van der Waals surface area contributed by atoms with E-state index in [4.69, 9.17) is 8.83 Å². The molecule has 9 aromatic carbocycles. The van der Waals surface area contributed by atoms with Gasteiger partial charge in [0.1, 0.15) is 22.2 Å². The molecule has 0 saturated carbocycles. The quantitative estimate of drug-likeness (QED) is 0.173. The first kappa shape index (κ1) is 29.7. The van der Waals surface area contributed by atoms with Crippen LogP contribution in [0.4, 0.5) is 0 Å². The second-order valence-electron chi connectivity index (χ2n) is 14.7. The van der Waals surface area contributed by atoms with Gasteiger partial charge in [0.25, 0.3) is 0 Å². The van der Waals surface area contributed by atoms with Crippen LogP contribution in [0.15, 0.2) is 173 Å². The molecule has 1 aliphatic carbocycles. The van der Waals surface area contributed by atoms with Crippen LogP contribution < -0.4 is 10.6 Å². The van der Waals surface area contributed by atoms with Gasteiger partial charge >= 0.3 is 0 Å². The van der Waals surface area contributed by atoms with Crippen molar-refractivity contribution >= 4 is 88.1 Å². The Morgan fingerprint density at radius 1 is 0.426 bits per heavy atom. The summed E-state index contributed by atoms with van der Waals surface area (Å²) in [4.78, 5) is 0. The van der Waals surface area contributed by atoms with Crippen molar-refractivity contribution < 1.29 is 8.83 Å². The van der Waals surface area contributed by atoms with Crippen LogP contribution in [-0.4, -0.2) is 0 Å². The average molecular weight is 689 g/mol. The summed E-state index contributed by atoms with van der Waals surface area (Å²) in [5.41, 5.74) is 10.1. The van der Waals surface area contributed by atoms with Crippen LogP contribution in [-0.2, 0) is 0 Å². The molecule has 1 unspecified atom stereocenters. The fourth-order valence-corrected chi connectivity index (χ4v) is 9.30. The molecular weight excluding hydrogens is 657 g/mol. The van der Waals surface area contributed by atoms with E-state index < -0.39 is 0 Å². The summed E-state index contributed by atoms with van der Waals surface area (Å²) in [7, 11) is 0. The lowest BCUT2D eigenvalue weighted by Crippen LogP contribution is -2.25. The number of hydrogen-bond acceptors (Lipinski definition) is 2. The molecular formula is C52H32O2. The highest BCUT2D eigenvalue weighted by atomic mass is 16.3. The smallest absolute Gasteiger partial charge is 0.143 e. The molecule has 0 spiro atoms. The Kier molecular flexibility index (Phi) is 6.20. The summed E-state index contributed by atoms with van der Waals surface area (Å²) in [5, 5.41) is 14.5. The van der Waals surface area contributed by atoms with Crippen LogP contribution in [0.1, 0.15) is 17.9 Å². The molecule has 0 fully saturated rings. The van der Waals surface area contributed by atoms with Gasteiger partial charge in [0.05, 0.1) is 0 Å². The minimum Gasteiger partial charge on any atom is -0.456 e. The molecule has 0 aliphatic heterocycles. The van der Waals surface area contributed by atoms with Gasteiger partial charge in [-0.05, 0) is 108 Å². The molecule has 1 aliphatic rings. The molecule has 1 atom stereocenters. The minimum absolute atomic E-state index is 0.206. The van der Waals surface area contributed by atoms with Crippen molar-refractivity contribution in [2.45, 2.75) is 12.3 Å². The maximum Gasteiger partial charge on any atom is 0.143 e. The summed E-state index contributed by atoms with van der Waals surface area (Å²) in [6.07, 6.45) is 5.59. The minimum atomic E-state index is 0.206. The van der Waals surface area contributed by atoms with Crippen molar-refractivity contribution in [1.29, 1.82) is 0 Å². The monoisotopic (exact) mass is 688 g/mol. The van der Waals surface area contributed by atoms with Gasteiger partial charge in [-0.3, -0.25) is 0 Å². The van der Waals surface area contributed by atoms with Crippen LogP contribution in [0.25, 0.3) is 110 Å². The van der Waals surface area contributed by atoms with E-state index in [-0.39, 0.29) is 5.92 Å². The van der Waals surface area contributed by atoms with E-state index in [2.05, 4.69) is 164 Å². The maximum atomic E-state index is 6.50. The molecule has 0 saturated heterocycles. The lowest BCUT2D eigenvalue weighted by atomic mass is 9.84. The van der Waals surface area contributed by atoms with Crippen molar-refractivity contribution in [2.75, 3.05) is 0 Å². The van der Waals surface area contributed by atoms with Crippen LogP contribution in [0.3, 0.4) is 0 Å². The number of furan rings is 2. The van der Waals surface area contributed by atoms with Gasteiger partial charge in [-0.25, -0.2) is 0 Å². The number of benzene rings is 9. The molecule has 0 N–H and O–H groups in total. The van der Waals surface area contributed by atoms with Crippen molar-refractivity contribution in [1.82, 2.24) is 0 Å². The third-order valence-corrected chi connectivity index (χ3v) is 11.8. The third-order valence-electron chi connectivity index (χ3n) is 11.8. The summed E-state index contributed by atoms with van der Waals surface area (Å²) in [5.74, 6) is 0.206. The normalized spacial score (nSPS) is 14.3. The summed E-state index contributed by atoms with van der Waals surface area (Å²) in [6, 6.07) is 59.6. The molecule has 11 aromatic rings. The van der Waals surface area contributed by atoms with Crippen molar-refractivity contribution in [3.05, 3.63) is 180 Å². The fourth-order valence-electron chi connectivity index (χ4n) is 9.30. The summed E-state index contributed by atoms with van der Waals surface area (Å²) >= 11 is 0. The number of para-hydroxylation sites is 1. The van der Waals surface area contributed by atoms with E-state index in [1.54, 1.807) is 0 Å².